The largest absolute Gasteiger partial charge is 0.493 e. The molecule has 0 aromatic rings. The van der Waals surface area contributed by atoms with E-state index in [0.29, 0.717) is 11.4 Å². The lowest BCUT2D eigenvalue weighted by molar-refractivity contribution is 0.454. The van der Waals surface area contributed by atoms with Crippen molar-refractivity contribution in [3.05, 3.63) is 18.1 Å². The molecular weight excluding hydrogens is 142 g/mol. The number of aryl methyl sites for hydroxylation is 1. The van der Waals surface area contributed by atoms with Crippen LogP contribution < -0.4 is 0 Å². The summed E-state index contributed by atoms with van der Waals surface area (Å²) in [6.07, 6.45) is 1.42. The number of nitrogens with zero attached hydrogens (tertiary/aromatic N) is 2. The molecule has 0 aliphatic carbocycles. The number of fused-ring (bicyclic) bond motifs is 1. The first-order chi connectivity index (χ1) is 5.27. The summed E-state index contributed by atoms with van der Waals surface area (Å²) in [5.41, 5.74) is 1.55. The van der Waals surface area contributed by atoms with Gasteiger partial charge in [-0.15, -0.1) is 0 Å². The lowest BCUT2D eigenvalue weighted by Crippen LogP contribution is -1.85. The second kappa shape index (κ2) is 1.95. The molecule has 4 nitrogen and oxygen atoms in total. The van der Waals surface area contributed by atoms with Crippen molar-refractivity contribution in [3.8, 4) is 17.3 Å². The van der Waals surface area contributed by atoms with Gasteiger partial charge in [0, 0.05) is 5.69 Å². The molecule has 0 saturated heterocycles. The average Bonchev–Trinajstić information content (AvgIpc) is 2.31. The predicted octanol–water partition coefficient (Wildman–Crippen LogP) is 0.924. The van der Waals surface area contributed by atoms with Crippen LogP contribution >= 0.6 is 0 Å². The third-order valence-electron chi connectivity index (χ3n) is 1.53. The topological polar surface area (TPSA) is 61.8 Å². The summed E-state index contributed by atoms with van der Waals surface area (Å²) in [5, 5.41) is 9.21. The van der Waals surface area contributed by atoms with Gasteiger partial charge in [0.15, 0.2) is 0 Å². The van der Waals surface area contributed by atoms with Crippen LogP contribution in [0.25, 0.3) is 11.4 Å². The van der Waals surface area contributed by atoms with Crippen molar-refractivity contribution in [3.63, 3.8) is 0 Å². The van der Waals surface area contributed by atoms with Gasteiger partial charge in [-0.1, -0.05) is 0 Å². The second-order valence-corrected chi connectivity index (χ2v) is 2.39. The zero-order valence-corrected chi connectivity index (χ0v) is 6.00. The van der Waals surface area contributed by atoms with Crippen molar-refractivity contribution in [1.82, 2.24) is 15.0 Å². The molecule has 0 aromatic heterocycles. The Morgan fingerprint density at radius 1 is 1.55 bits per heavy atom. The lowest BCUT2D eigenvalue weighted by Gasteiger charge is -1.96. The molecule has 0 unspecified atom stereocenters. The van der Waals surface area contributed by atoms with Crippen LogP contribution in [-0.4, -0.2) is 20.1 Å². The van der Waals surface area contributed by atoms with E-state index in [9.17, 15) is 5.11 Å². The maximum Gasteiger partial charge on any atom is 0.223 e. The van der Waals surface area contributed by atoms with E-state index in [1.54, 1.807) is 6.07 Å². The van der Waals surface area contributed by atoms with Gasteiger partial charge in [-0.2, -0.15) is 0 Å². The first kappa shape index (κ1) is 6.15. The van der Waals surface area contributed by atoms with Crippen LogP contribution in [0.4, 0.5) is 0 Å². The monoisotopic (exact) mass is 149 g/mol. The first-order valence-electron chi connectivity index (χ1n) is 3.27. The third-order valence-corrected chi connectivity index (χ3v) is 1.53. The summed E-state index contributed by atoms with van der Waals surface area (Å²) < 4.78 is 0. The molecule has 0 spiro atoms. The van der Waals surface area contributed by atoms with Crippen molar-refractivity contribution in [2.24, 2.45) is 0 Å². The molecule has 0 saturated carbocycles. The fraction of sp³-hybridized carbons (Fsp3) is 0.143. The number of H-pyrrole nitrogens is 1. The summed E-state index contributed by atoms with van der Waals surface area (Å²) in [4.78, 5) is 10.6. The Bertz CT molecular complexity index is 355. The van der Waals surface area contributed by atoms with Crippen molar-refractivity contribution < 1.29 is 5.11 Å². The summed E-state index contributed by atoms with van der Waals surface area (Å²) in [5.74, 6) is 0.703. The average molecular weight is 149 g/mol. The number of aromatic nitrogens is 3. The number of nitrogens with one attached hydrogen (secondary N) is 1. The minimum absolute atomic E-state index is 0.0272. The minimum Gasteiger partial charge on any atom is -0.493 e. The van der Waals surface area contributed by atoms with Gasteiger partial charge in [-0.05, 0) is 13.0 Å². The first-order valence-corrected chi connectivity index (χ1v) is 3.27. The van der Waals surface area contributed by atoms with Crippen LogP contribution in [0.3, 0.4) is 0 Å². The van der Waals surface area contributed by atoms with Gasteiger partial charge < -0.3 is 10.1 Å². The molecule has 0 fully saturated rings. The Balaban J connectivity index is 2.78. The van der Waals surface area contributed by atoms with E-state index in [4.69, 9.17) is 0 Å². The molecule has 11 heavy (non-hydrogen) atoms. The van der Waals surface area contributed by atoms with Crippen LogP contribution in [0.2, 0.25) is 0 Å². The molecule has 0 aromatic carbocycles. The van der Waals surface area contributed by atoms with E-state index in [-0.39, 0.29) is 5.88 Å². The molecule has 2 aliphatic heterocycles. The van der Waals surface area contributed by atoms with E-state index in [2.05, 4.69) is 15.0 Å². The molecule has 2 rings (SSSR count). The SMILES string of the molecule is Cc1cc2c(O)nc[nH]c-2n1. The van der Waals surface area contributed by atoms with E-state index >= 15 is 0 Å². The van der Waals surface area contributed by atoms with Gasteiger partial charge in [0.1, 0.15) is 5.82 Å². The van der Waals surface area contributed by atoms with Crippen molar-refractivity contribution in [1.29, 1.82) is 0 Å². The van der Waals surface area contributed by atoms with Gasteiger partial charge >= 0.3 is 0 Å². The molecular formula is C7H7N3O. The second-order valence-electron chi connectivity index (χ2n) is 2.39. The molecule has 0 amide bonds. The highest BCUT2D eigenvalue weighted by Gasteiger charge is 2.10. The minimum atomic E-state index is 0.0272. The summed E-state index contributed by atoms with van der Waals surface area (Å²) >= 11 is 0. The van der Waals surface area contributed by atoms with Crippen LogP contribution in [0.15, 0.2) is 12.4 Å². The van der Waals surface area contributed by atoms with Crippen LogP contribution in [-0.2, 0) is 0 Å². The molecule has 2 N–H and O–H groups in total. The van der Waals surface area contributed by atoms with Crippen LogP contribution in [0.5, 0.6) is 5.88 Å². The highest BCUT2D eigenvalue weighted by atomic mass is 16.3. The molecule has 4 heteroatoms. The van der Waals surface area contributed by atoms with Gasteiger partial charge in [0.25, 0.3) is 0 Å². The van der Waals surface area contributed by atoms with Gasteiger partial charge in [0.05, 0.1) is 11.9 Å². The zero-order chi connectivity index (χ0) is 7.84. The zero-order valence-electron chi connectivity index (χ0n) is 6.00. The maximum absolute atomic E-state index is 9.21. The van der Waals surface area contributed by atoms with E-state index in [1.807, 2.05) is 6.92 Å². The third kappa shape index (κ3) is 0.832. The van der Waals surface area contributed by atoms with E-state index < -0.39 is 0 Å². The van der Waals surface area contributed by atoms with Crippen LogP contribution in [0.1, 0.15) is 5.69 Å². The van der Waals surface area contributed by atoms with E-state index in [1.165, 1.54) is 6.33 Å². The van der Waals surface area contributed by atoms with Crippen molar-refractivity contribution in [2.45, 2.75) is 6.92 Å². The summed E-state index contributed by atoms with van der Waals surface area (Å²) in [6, 6.07) is 1.79. The summed E-state index contributed by atoms with van der Waals surface area (Å²) in [6.45, 7) is 1.87. The quantitative estimate of drug-likeness (QED) is 0.585. The number of rotatable bonds is 0. The van der Waals surface area contributed by atoms with Gasteiger partial charge in [-0.25, -0.2) is 9.97 Å². The molecule has 0 bridgehead atoms. The number of hydrogen-bond acceptors (Lipinski definition) is 3. The molecule has 2 heterocycles. The van der Waals surface area contributed by atoms with Crippen LogP contribution in [0, 0.1) is 6.92 Å². The molecule has 56 valence electrons. The Morgan fingerprint density at radius 3 is 3.09 bits per heavy atom. The Labute approximate surface area is 63.3 Å². The smallest absolute Gasteiger partial charge is 0.223 e. The van der Waals surface area contributed by atoms with Crippen molar-refractivity contribution >= 4 is 0 Å². The summed E-state index contributed by atoms with van der Waals surface area (Å²) in [7, 11) is 0. The van der Waals surface area contributed by atoms with Gasteiger partial charge in [-0.3, -0.25) is 0 Å². The Kier molecular flexibility index (Phi) is 1.09. The number of aromatic amines is 1. The maximum atomic E-state index is 9.21. The Morgan fingerprint density at radius 2 is 2.36 bits per heavy atom. The fourth-order valence-electron chi connectivity index (χ4n) is 1.05. The molecule has 2 aliphatic rings. The normalized spacial score (nSPS) is 10.6. The van der Waals surface area contributed by atoms with Gasteiger partial charge in [0.2, 0.25) is 5.88 Å². The number of aromatic hydroxyl groups is 1. The molecule has 0 atom stereocenters. The lowest BCUT2D eigenvalue weighted by atomic mass is 10.3. The van der Waals surface area contributed by atoms with Crippen molar-refractivity contribution in [2.75, 3.05) is 0 Å². The number of hydrogen-bond donors (Lipinski definition) is 2. The standard InChI is InChI=1S/C7H7N3O/c1-4-2-5-6(10-4)8-3-9-7(5)11/h2-3H,1H3,(H2,8,9,10,11). The highest BCUT2D eigenvalue weighted by molar-refractivity contribution is 5.63. The predicted molar refractivity (Wildman–Crippen MR) is 39.4 cm³/mol. The van der Waals surface area contributed by atoms with E-state index in [0.717, 1.165) is 5.69 Å². The molecule has 0 radical (unpaired) electrons. The fourth-order valence-corrected chi connectivity index (χ4v) is 1.05. The Hall–Kier alpha value is -1.58. The highest BCUT2D eigenvalue weighted by Crippen LogP contribution is 2.26.